The number of aryl methyl sites for hydroxylation is 1. The van der Waals surface area contributed by atoms with Crippen molar-refractivity contribution < 1.29 is 19.1 Å². The molecular weight excluding hydrogens is 260 g/mol. The van der Waals surface area contributed by atoms with Crippen LogP contribution < -0.4 is 4.74 Å². The first-order chi connectivity index (χ1) is 9.54. The van der Waals surface area contributed by atoms with Gasteiger partial charge in [-0.1, -0.05) is 17.7 Å². The Morgan fingerprint density at radius 3 is 2.15 bits per heavy atom. The summed E-state index contributed by atoms with van der Waals surface area (Å²) in [5.41, 5.74) is 1.12. The molecule has 6 heteroatoms. The van der Waals surface area contributed by atoms with E-state index < -0.39 is 17.8 Å². The highest BCUT2D eigenvalue weighted by atomic mass is 16.5. The minimum atomic E-state index is -0.788. The van der Waals surface area contributed by atoms with Crippen LogP contribution in [0.25, 0.3) is 0 Å². The van der Waals surface area contributed by atoms with Crippen molar-refractivity contribution in [1.82, 2.24) is 9.80 Å². The second-order valence-electron chi connectivity index (χ2n) is 4.45. The summed E-state index contributed by atoms with van der Waals surface area (Å²) in [7, 11) is 0. The lowest BCUT2D eigenvalue weighted by atomic mass is 10.2. The molecule has 1 aromatic carbocycles. The van der Waals surface area contributed by atoms with E-state index in [0.29, 0.717) is 5.75 Å². The summed E-state index contributed by atoms with van der Waals surface area (Å²) in [5, 5.41) is 0. The predicted octanol–water partition coefficient (Wildman–Crippen LogP) is 1.18. The Labute approximate surface area is 116 Å². The summed E-state index contributed by atoms with van der Waals surface area (Å²) in [6, 6.07) is 6.86. The molecule has 20 heavy (non-hydrogen) atoms. The Bertz CT molecular complexity index is 539. The standard InChI is InChI=1S/C14H16N2O4/c1-3-15-12(17)13(18)16(14(15)19)8-9-20-11-6-4-10(2)5-7-11/h4-7H,3,8-9H2,1-2H3. The Balaban J connectivity index is 1.91. The van der Waals surface area contributed by atoms with Crippen LogP contribution in [-0.4, -0.2) is 47.3 Å². The molecule has 0 aromatic heterocycles. The summed E-state index contributed by atoms with van der Waals surface area (Å²) < 4.78 is 5.45. The van der Waals surface area contributed by atoms with Gasteiger partial charge in [-0.25, -0.2) is 4.79 Å². The smallest absolute Gasteiger partial charge is 0.334 e. The first-order valence-electron chi connectivity index (χ1n) is 6.41. The highest BCUT2D eigenvalue weighted by Crippen LogP contribution is 2.13. The lowest BCUT2D eigenvalue weighted by Crippen LogP contribution is -2.35. The lowest BCUT2D eigenvalue weighted by molar-refractivity contribution is -0.143. The molecule has 1 aliphatic heterocycles. The van der Waals surface area contributed by atoms with E-state index in [1.807, 2.05) is 31.2 Å². The van der Waals surface area contributed by atoms with Gasteiger partial charge in [0.15, 0.2) is 0 Å². The predicted molar refractivity (Wildman–Crippen MR) is 71.2 cm³/mol. The van der Waals surface area contributed by atoms with Crippen LogP contribution in [0.3, 0.4) is 0 Å². The van der Waals surface area contributed by atoms with Crippen LogP contribution in [0.5, 0.6) is 5.75 Å². The van der Waals surface area contributed by atoms with Crippen molar-refractivity contribution in [3.05, 3.63) is 29.8 Å². The first kappa shape index (κ1) is 14.0. The van der Waals surface area contributed by atoms with Gasteiger partial charge in [0.25, 0.3) is 0 Å². The molecule has 1 aliphatic rings. The minimum absolute atomic E-state index is 0.0633. The van der Waals surface area contributed by atoms with Crippen molar-refractivity contribution in [3.63, 3.8) is 0 Å². The average Bonchev–Trinajstić information content (AvgIpc) is 2.64. The number of benzene rings is 1. The summed E-state index contributed by atoms with van der Waals surface area (Å²) in [4.78, 5) is 36.8. The molecule has 0 aliphatic carbocycles. The Morgan fingerprint density at radius 1 is 1.00 bits per heavy atom. The van der Waals surface area contributed by atoms with Gasteiger partial charge in [-0.05, 0) is 26.0 Å². The molecule has 0 N–H and O–H groups in total. The number of amides is 4. The van der Waals surface area contributed by atoms with E-state index in [2.05, 4.69) is 0 Å². The number of urea groups is 1. The van der Waals surface area contributed by atoms with Crippen LogP contribution in [0, 0.1) is 6.92 Å². The molecule has 0 saturated carbocycles. The summed E-state index contributed by atoms with van der Waals surface area (Å²) in [5.74, 6) is -0.898. The maximum absolute atomic E-state index is 11.8. The van der Waals surface area contributed by atoms with Crippen LogP contribution in [0.2, 0.25) is 0 Å². The third-order valence-electron chi connectivity index (χ3n) is 3.06. The molecule has 0 spiro atoms. The molecular formula is C14H16N2O4. The molecule has 0 radical (unpaired) electrons. The monoisotopic (exact) mass is 276 g/mol. The van der Waals surface area contributed by atoms with Crippen molar-refractivity contribution in [2.45, 2.75) is 13.8 Å². The SMILES string of the molecule is CCN1C(=O)C(=O)N(CCOc2ccc(C)cc2)C1=O. The van der Waals surface area contributed by atoms with Gasteiger partial charge in [0.2, 0.25) is 0 Å². The highest BCUT2D eigenvalue weighted by Gasteiger charge is 2.43. The quantitative estimate of drug-likeness (QED) is 0.598. The second kappa shape index (κ2) is 5.73. The number of rotatable bonds is 5. The maximum atomic E-state index is 11.8. The fourth-order valence-electron chi connectivity index (χ4n) is 1.92. The maximum Gasteiger partial charge on any atom is 0.334 e. The summed E-state index contributed by atoms with van der Waals surface area (Å²) >= 11 is 0. The molecule has 6 nitrogen and oxygen atoms in total. The molecule has 0 unspecified atom stereocenters. The van der Waals surface area contributed by atoms with Crippen molar-refractivity contribution in [2.75, 3.05) is 19.7 Å². The molecule has 1 saturated heterocycles. The topological polar surface area (TPSA) is 66.9 Å². The normalized spacial score (nSPS) is 15.2. The largest absolute Gasteiger partial charge is 0.492 e. The van der Waals surface area contributed by atoms with Gasteiger partial charge in [-0.3, -0.25) is 19.4 Å². The molecule has 0 atom stereocenters. The van der Waals surface area contributed by atoms with E-state index in [-0.39, 0.29) is 19.7 Å². The van der Waals surface area contributed by atoms with Gasteiger partial charge < -0.3 is 4.74 Å². The zero-order valence-corrected chi connectivity index (χ0v) is 11.5. The van der Waals surface area contributed by atoms with Crippen LogP contribution in [-0.2, 0) is 9.59 Å². The van der Waals surface area contributed by atoms with Crippen LogP contribution >= 0.6 is 0 Å². The van der Waals surface area contributed by atoms with Gasteiger partial charge in [-0.2, -0.15) is 0 Å². The van der Waals surface area contributed by atoms with E-state index >= 15 is 0 Å². The number of hydrogen-bond acceptors (Lipinski definition) is 4. The first-order valence-corrected chi connectivity index (χ1v) is 6.41. The van der Waals surface area contributed by atoms with Gasteiger partial charge in [-0.15, -0.1) is 0 Å². The van der Waals surface area contributed by atoms with E-state index in [4.69, 9.17) is 4.74 Å². The van der Waals surface area contributed by atoms with E-state index in [1.165, 1.54) is 0 Å². The summed E-state index contributed by atoms with van der Waals surface area (Å²) in [6.45, 7) is 4.03. The molecule has 2 rings (SSSR count). The number of ether oxygens (including phenoxy) is 1. The molecule has 1 fully saturated rings. The second-order valence-corrected chi connectivity index (χ2v) is 4.45. The zero-order chi connectivity index (χ0) is 14.7. The molecule has 0 bridgehead atoms. The molecule has 1 aromatic rings. The van der Waals surface area contributed by atoms with Gasteiger partial charge in [0, 0.05) is 6.54 Å². The van der Waals surface area contributed by atoms with E-state index in [9.17, 15) is 14.4 Å². The molecule has 4 amide bonds. The van der Waals surface area contributed by atoms with Crippen LogP contribution in [0.1, 0.15) is 12.5 Å². The van der Waals surface area contributed by atoms with Gasteiger partial charge in [0.1, 0.15) is 12.4 Å². The lowest BCUT2D eigenvalue weighted by Gasteiger charge is -2.14. The summed E-state index contributed by atoms with van der Waals surface area (Å²) in [6.07, 6.45) is 0. The fraction of sp³-hybridized carbons (Fsp3) is 0.357. The van der Waals surface area contributed by atoms with Crippen LogP contribution in [0.4, 0.5) is 4.79 Å². The van der Waals surface area contributed by atoms with Gasteiger partial charge in [0.05, 0.1) is 6.54 Å². The Hall–Kier alpha value is -2.37. The van der Waals surface area contributed by atoms with Crippen molar-refractivity contribution in [1.29, 1.82) is 0 Å². The van der Waals surface area contributed by atoms with E-state index in [0.717, 1.165) is 15.4 Å². The number of nitrogens with zero attached hydrogens (tertiary/aromatic N) is 2. The van der Waals surface area contributed by atoms with Crippen molar-refractivity contribution in [3.8, 4) is 5.75 Å². The zero-order valence-electron chi connectivity index (χ0n) is 11.5. The number of likely N-dealkylation sites (N-methyl/N-ethyl adjacent to an activating group) is 1. The molecule has 1 heterocycles. The van der Waals surface area contributed by atoms with Gasteiger partial charge >= 0.3 is 17.8 Å². The Morgan fingerprint density at radius 2 is 1.60 bits per heavy atom. The van der Waals surface area contributed by atoms with Crippen LogP contribution in [0.15, 0.2) is 24.3 Å². The Kier molecular flexibility index (Phi) is 4.02. The van der Waals surface area contributed by atoms with Crippen molar-refractivity contribution >= 4 is 17.8 Å². The van der Waals surface area contributed by atoms with E-state index in [1.54, 1.807) is 6.92 Å². The third-order valence-corrected chi connectivity index (χ3v) is 3.06. The third kappa shape index (κ3) is 2.64. The average molecular weight is 276 g/mol. The highest BCUT2D eigenvalue weighted by molar-refractivity contribution is 6.44. The number of carbonyl (C=O) groups excluding carboxylic acids is 3. The molecule has 106 valence electrons. The number of imide groups is 2. The fourth-order valence-corrected chi connectivity index (χ4v) is 1.92. The number of hydrogen-bond donors (Lipinski definition) is 0. The minimum Gasteiger partial charge on any atom is -0.492 e. The number of carbonyl (C=O) groups is 3. The van der Waals surface area contributed by atoms with Crippen molar-refractivity contribution in [2.24, 2.45) is 0 Å².